The zero-order valence-electron chi connectivity index (χ0n) is 51.8. The number of amides is 2. The number of sulfonamides is 2. The van der Waals surface area contributed by atoms with Gasteiger partial charge in [0.15, 0.2) is 10.1 Å². The summed E-state index contributed by atoms with van der Waals surface area (Å²) < 4.78 is 95.6. The zero-order chi connectivity index (χ0) is 64.7. The summed E-state index contributed by atoms with van der Waals surface area (Å²) in [6.45, 7) is 20.4. The highest BCUT2D eigenvalue weighted by Gasteiger charge is 2.26. The number of nitrogens with zero attached hydrogens (tertiary/aromatic N) is 7. The fourth-order valence-electron chi connectivity index (χ4n) is 9.29. The number of aromatic nitrogens is 4. The number of hydrogen-bond donors (Lipinski definition) is 4. The number of urea groups is 1. The van der Waals surface area contributed by atoms with Crippen molar-refractivity contribution in [3.63, 3.8) is 0 Å². The largest absolute Gasteiger partial charge is 0.398 e. The van der Waals surface area contributed by atoms with Gasteiger partial charge in [-0.05, 0) is 143 Å². The number of primary sulfonamides is 1. The molecule has 2 aromatic heterocycles. The van der Waals surface area contributed by atoms with Gasteiger partial charge in [0.25, 0.3) is 20.0 Å². The molecule has 0 spiro atoms. The van der Waals surface area contributed by atoms with Crippen LogP contribution in [0.2, 0.25) is 0 Å². The van der Waals surface area contributed by atoms with E-state index in [2.05, 4.69) is 25.2 Å². The molecule has 0 aliphatic heterocycles. The lowest BCUT2D eigenvalue weighted by Crippen LogP contribution is -2.35. The molecule has 0 radical (unpaired) electrons. The first-order chi connectivity index (χ1) is 40.8. The maximum absolute atomic E-state index is 14.4. The molecule has 0 bridgehead atoms. The van der Waals surface area contributed by atoms with Crippen LogP contribution in [0, 0.1) is 17.5 Å². The lowest BCUT2D eigenvalue weighted by atomic mass is 9.94. The molecule has 8 rings (SSSR count). The summed E-state index contributed by atoms with van der Waals surface area (Å²) in [5.74, 6) is -0.846. The molecule has 464 valence electrons. The van der Waals surface area contributed by atoms with Gasteiger partial charge in [-0.15, -0.1) is 0 Å². The normalized spacial score (nSPS) is 11.5. The third kappa shape index (κ3) is 19.4. The summed E-state index contributed by atoms with van der Waals surface area (Å²) in [7, 11) is -0.414. The van der Waals surface area contributed by atoms with Crippen LogP contribution in [0.3, 0.4) is 0 Å². The van der Waals surface area contributed by atoms with Crippen molar-refractivity contribution in [1.29, 1.82) is 0 Å². The maximum Gasteiger partial charge on any atom is 0.333 e. The smallest absolute Gasteiger partial charge is 0.333 e. The highest BCUT2D eigenvalue weighted by Crippen LogP contribution is 2.39. The average Bonchev–Trinajstić information content (AvgIpc) is 2.84. The second-order valence-electron chi connectivity index (χ2n) is 22.6. The van der Waals surface area contributed by atoms with Gasteiger partial charge in [-0.3, -0.25) is 9.36 Å². The Bertz CT molecular complexity index is 3890. The van der Waals surface area contributed by atoms with Crippen LogP contribution >= 0.6 is 0 Å². The van der Waals surface area contributed by atoms with Crippen molar-refractivity contribution < 1.29 is 39.6 Å². The second kappa shape index (κ2) is 30.9. The number of halogens is 3. The van der Waals surface area contributed by atoms with E-state index < -0.39 is 31.9 Å². The molecule has 6 N–H and O–H groups in total. The van der Waals surface area contributed by atoms with Crippen molar-refractivity contribution in [3.05, 3.63) is 185 Å². The van der Waals surface area contributed by atoms with Gasteiger partial charge >= 0.3 is 6.03 Å². The molecule has 0 fully saturated rings. The van der Waals surface area contributed by atoms with E-state index in [-0.39, 0.29) is 51.5 Å². The van der Waals surface area contributed by atoms with Gasteiger partial charge in [0.2, 0.25) is 6.08 Å². The van der Waals surface area contributed by atoms with Gasteiger partial charge in [-0.1, -0.05) is 133 Å². The number of benzene rings is 6. The maximum atomic E-state index is 14.4. The Labute approximate surface area is 510 Å². The Balaban J connectivity index is 0.000000226. The minimum atomic E-state index is -4.26. The van der Waals surface area contributed by atoms with Gasteiger partial charge in [-0.25, -0.2) is 41.0 Å². The Morgan fingerprint density at radius 2 is 0.943 bits per heavy atom. The van der Waals surface area contributed by atoms with Crippen LogP contribution in [-0.2, 0) is 37.9 Å². The van der Waals surface area contributed by atoms with Crippen LogP contribution < -0.4 is 20.9 Å². The molecular weight excluding hydrogens is 1150 g/mol. The standard InChI is InChI=1S/C25H32FN5O3S.C16H14FNO.C15H16FN.C9H18N4O2S/c1-16(2)21-12-19(26)13-22(18-10-8-7-9-11-18)24(21)27-25(32)29-35(33,34)23-14-20(15-30(5)6)31(28-23)17(3)4;1-11(2)14-8-13(17)9-15(16(14)18-10-19)12-6-4-3-5-7-12;1-10(2)13-8-12(16)9-14(15(13)17)11-6-4-3-5-7-11;1-7(2)13-8(6-12(3)4)5-9(11-13)16(10,14)15/h7-14,16-17H,15H2,1-6H3,(H2,27,29,32);3-9,11H,1-2H3;3-10H,17H2,1-2H3;5,7H,6H2,1-4H3,(H2,10,14,15). The summed E-state index contributed by atoms with van der Waals surface area (Å²) in [4.78, 5) is 31.2. The minimum absolute atomic E-state index is 0.0658. The van der Waals surface area contributed by atoms with Crippen molar-refractivity contribution in [1.82, 2.24) is 34.1 Å². The highest BCUT2D eigenvalue weighted by molar-refractivity contribution is 7.90. The van der Waals surface area contributed by atoms with Crippen LogP contribution in [0.5, 0.6) is 0 Å². The predicted octanol–water partition coefficient (Wildman–Crippen LogP) is 13.9. The number of hydrogen-bond acceptors (Lipinski definition) is 12. The number of nitrogens with two attached hydrogens (primary N) is 2. The van der Waals surface area contributed by atoms with Crippen LogP contribution in [0.25, 0.3) is 33.4 Å². The van der Waals surface area contributed by atoms with E-state index in [0.717, 1.165) is 27.9 Å². The number of isocyanates is 1. The molecule has 8 aromatic rings. The SMILES string of the molecule is CC(C)c1cc(F)cc(-c2ccccc2)c1N.CC(C)c1cc(F)cc(-c2ccccc2)c1N=C=O.CC(C)c1cc(F)cc(-c2ccccc2)c1NC(=O)NS(=O)(=O)c1cc(CN(C)C)n(C(C)C)n1.CC(C)n1nc(S(N)(=O)=O)cc1CN(C)C. The number of nitrogen functional groups attached to an aromatic ring is 1. The van der Waals surface area contributed by atoms with Crippen LogP contribution in [0.15, 0.2) is 155 Å². The molecule has 0 aliphatic carbocycles. The van der Waals surface area contributed by atoms with Gasteiger partial charge in [-0.2, -0.15) is 23.6 Å². The molecule has 17 nitrogen and oxygen atoms in total. The Morgan fingerprint density at radius 3 is 1.36 bits per heavy atom. The van der Waals surface area contributed by atoms with Crippen molar-refractivity contribution in [3.8, 4) is 33.4 Å². The first-order valence-electron chi connectivity index (χ1n) is 28.2. The number of nitrogens with one attached hydrogen (secondary N) is 2. The molecule has 22 heteroatoms. The van der Waals surface area contributed by atoms with Crippen molar-refractivity contribution >= 4 is 49.2 Å². The van der Waals surface area contributed by atoms with E-state index >= 15 is 0 Å². The molecule has 0 aliphatic rings. The van der Waals surface area contributed by atoms with Crippen molar-refractivity contribution in [2.24, 2.45) is 10.1 Å². The fraction of sp³-hybridized carbons (Fsp3) is 0.323. The third-order valence-corrected chi connectivity index (χ3v) is 15.2. The number of carbonyl (C=O) groups is 1. The summed E-state index contributed by atoms with van der Waals surface area (Å²) in [5, 5.41) is 15.6. The molecular formula is C65H80F3N11O6S2. The summed E-state index contributed by atoms with van der Waals surface area (Å²) in [6.07, 6.45) is 1.56. The highest BCUT2D eigenvalue weighted by atomic mass is 32.2. The predicted molar refractivity (Wildman–Crippen MR) is 341 cm³/mol. The molecule has 87 heavy (non-hydrogen) atoms. The van der Waals surface area contributed by atoms with Crippen LogP contribution in [-0.4, -0.2) is 86.5 Å². The third-order valence-electron chi connectivity index (χ3n) is 13.2. The monoisotopic (exact) mass is 1230 g/mol. The number of anilines is 2. The molecule has 0 unspecified atom stereocenters. The van der Waals surface area contributed by atoms with Gasteiger partial charge in [0, 0.05) is 59.7 Å². The van der Waals surface area contributed by atoms with Gasteiger partial charge < -0.3 is 20.9 Å². The molecule has 2 amide bonds. The van der Waals surface area contributed by atoms with Gasteiger partial charge in [0.05, 0.1) is 22.8 Å². The van der Waals surface area contributed by atoms with E-state index in [4.69, 9.17) is 10.9 Å². The number of carbonyl (C=O) groups excluding carboxylic acids is 2. The van der Waals surface area contributed by atoms with E-state index in [1.807, 2.05) is 174 Å². The van der Waals surface area contributed by atoms with Crippen molar-refractivity contribution in [2.45, 2.75) is 122 Å². The van der Waals surface area contributed by atoms with E-state index in [0.29, 0.717) is 63.7 Å². The molecule has 2 heterocycles. The lowest BCUT2D eigenvalue weighted by molar-refractivity contribution is 0.256. The first kappa shape index (κ1) is 69.5. The Hall–Kier alpha value is -8.24. The quantitative estimate of drug-likeness (QED) is 0.0380. The summed E-state index contributed by atoms with van der Waals surface area (Å²) in [5.41, 5.74) is 15.6. The topological polar surface area (TPSA) is 233 Å². The van der Waals surface area contributed by atoms with Crippen LogP contribution in [0.1, 0.15) is 127 Å². The fourth-order valence-corrected chi connectivity index (χ4v) is 10.7. The minimum Gasteiger partial charge on any atom is -0.398 e. The van der Waals surface area contributed by atoms with Gasteiger partial charge in [0.1, 0.15) is 17.5 Å². The second-order valence-corrected chi connectivity index (χ2v) is 25.8. The lowest BCUT2D eigenvalue weighted by Gasteiger charge is -2.19. The van der Waals surface area contributed by atoms with E-state index in [1.54, 1.807) is 39.7 Å². The van der Waals surface area contributed by atoms with Crippen LogP contribution in [0.4, 0.5) is 35.0 Å². The first-order valence-corrected chi connectivity index (χ1v) is 31.2. The Morgan fingerprint density at radius 1 is 0.563 bits per heavy atom. The average molecular weight is 1230 g/mol. The summed E-state index contributed by atoms with van der Waals surface area (Å²) in [6, 6.07) is 38.6. The molecule has 0 saturated carbocycles. The number of aliphatic imine (C=N–C) groups is 1. The Kier molecular flexibility index (Phi) is 24.7. The van der Waals surface area contributed by atoms with E-state index in [1.165, 1.54) is 48.5 Å². The van der Waals surface area contributed by atoms with Crippen molar-refractivity contribution in [2.75, 3.05) is 39.2 Å². The molecule has 0 atom stereocenters. The number of rotatable bonds is 17. The molecule has 0 saturated heterocycles. The zero-order valence-corrected chi connectivity index (χ0v) is 53.4. The molecule has 6 aromatic carbocycles. The summed E-state index contributed by atoms with van der Waals surface area (Å²) >= 11 is 0. The van der Waals surface area contributed by atoms with E-state index in [9.17, 15) is 39.6 Å².